The van der Waals surface area contributed by atoms with Crippen LogP contribution < -0.4 is 0 Å². The largest absolute Gasteiger partial charge is 0.309 e. The van der Waals surface area contributed by atoms with Gasteiger partial charge in [0, 0.05) is 11.1 Å². The molecule has 0 N–H and O–H groups in total. The molecule has 3 nitrogen and oxygen atoms in total. The second kappa shape index (κ2) is 4.45. The maximum atomic E-state index is 13.0. The SMILES string of the molecule is Cc1cccc2c1C(=O)N(C1(c3ccccc3)CC1)C2C#N. The molecule has 0 saturated heterocycles. The smallest absolute Gasteiger partial charge is 0.256 e. The van der Waals surface area contributed by atoms with Gasteiger partial charge in [-0.2, -0.15) is 5.26 Å². The fourth-order valence-corrected chi connectivity index (χ4v) is 3.69. The van der Waals surface area contributed by atoms with Crippen molar-refractivity contribution in [3.63, 3.8) is 0 Å². The lowest BCUT2D eigenvalue weighted by Crippen LogP contribution is -2.38. The lowest BCUT2D eigenvalue weighted by molar-refractivity contribution is 0.0635. The van der Waals surface area contributed by atoms with Gasteiger partial charge in [-0.25, -0.2) is 0 Å². The molecule has 1 aliphatic heterocycles. The molecule has 108 valence electrons. The number of fused-ring (bicyclic) bond motifs is 1. The average molecular weight is 288 g/mol. The van der Waals surface area contributed by atoms with Crippen LogP contribution in [0.15, 0.2) is 48.5 Å². The molecule has 1 heterocycles. The third-order valence-corrected chi connectivity index (χ3v) is 4.91. The van der Waals surface area contributed by atoms with E-state index >= 15 is 0 Å². The summed E-state index contributed by atoms with van der Waals surface area (Å²) in [7, 11) is 0. The number of hydrogen-bond acceptors (Lipinski definition) is 2. The van der Waals surface area contributed by atoms with Crippen molar-refractivity contribution in [1.82, 2.24) is 4.90 Å². The summed E-state index contributed by atoms with van der Waals surface area (Å²) in [5, 5.41) is 9.69. The lowest BCUT2D eigenvalue weighted by Gasteiger charge is -2.31. The Bertz CT molecular complexity index is 800. The van der Waals surface area contributed by atoms with Gasteiger partial charge in [0.2, 0.25) is 0 Å². The zero-order valence-corrected chi connectivity index (χ0v) is 12.4. The van der Waals surface area contributed by atoms with E-state index in [1.54, 1.807) is 0 Å². The number of carbonyl (C=O) groups is 1. The van der Waals surface area contributed by atoms with Crippen molar-refractivity contribution >= 4 is 5.91 Å². The summed E-state index contributed by atoms with van der Waals surface area (Å²) in [6, 6.07) is 17.7. The second-order valence-electron chi connectivity index (χ2n) is 6.14. The standard InChI is InChI=1S/C19H16N2O/c1-13-6-5-9-15-16(12-20)21(18(22)17(13)15)19(10-11-19)14-7-3-2-4-8-14/h2-9,16H,10-11H2,1H3. The van der Waals surface area contributed by atoms with Crippen LogP contribution in [0.3, 0.4) is 0 Å². The van der Waals surface area contributed by atoms with Gasteiger partial charge >= 0.3 is 0 Å². The third-order valence-electron chi connectivity index (χ3n) is 4.91. The summed E-state index contributed by atoms with van der Waals surface area (Å²) >= 11 is 0. The van der Waals surface area contributed by atoms with Gasteiger partial charge in [-0.3, -0.25) is 4.79 Å². The first-order chi connectivity index (χ1) is 10.7. The summed E-state index contributed by atoms with van der Waals surface area (Å²) < 4.78 is 0. The summed E-state index contributed by atoms with van der Waals surface area (Å²) in [5.74, 6) is 0.000929. The van der Waals surface area contributed by atoms with Crippen molar-refractivity contribution in [3.05, 3.63) is 70.8 Å². The molecule has 3 heteroatoms. The van der Waals surface area contributed by atoms with Gasteiger partial charge in [-0.05, 0) is 30.9 Å². The second-order valence-corrected chi connectivity index (χ2v) is 6.14. The molecule has 0 spiro atoms. The molecule has 1 atom stereocenters. The van der Waals surface area contributed by atoms with Crippen LogP contribution in [-0.2, 0) is 5.54 Å². The molecule has 1 aliphatic carbocycles. The molecule has 2 aliphatic rings. The molecule has 1 saturated carbocycles. The molecule has 0 bridgehead atoms. The van der Waals surface area contributed by atoms with Crippen LogP contribution in [-0.4, -0.2) is 10.8 Å². The van der Waals surface area contributed by atoms with E-state index in [1.807, 2.05) is 48.2 Å². The fourth-order valence-electron chi connectivity index (χ4n) is 3.69. The Hall–Kier alpha value is -2.60. The van der Waals surface area contributed by atoms with Crippen LogP contribution in [0.2, 0.25) is 0 Å². The van der Waals surface area contributed by atoms with E-state index in [1.165, 1.54) is 0 Å². The van der Waals surface area contributed by atoms with Crippen molar-refractivity contribution in [1.29, 1.82) is 5.26 Å². The lowest BCUT2D eigenvalue weighted by atomic mass is 10.00. The number of hydrogen-bond donors (Lipinski definition) is 0. The molecule has 1 fully saturated rings. The Labute approximate surface area is 129 Å². The van der Waals surface area contributed by atoms with Gasteiger partial charge in [-0.1, -0.05) is 48.5 Å². The van der Waals surface area contributed by atoms with E-state index in [0.717, 1.165) is 35.1 Å². The van der Waals surface area contributed by atoms with Crippen molar-refractivity contribution in [2.45, 2.75) is 31.3 Å². The maximum Gasteiger partial charge on any atom is 0.256 e. The molecule has 2 aromatic rings. The van der Waals surface area contributed by atoms with E-state index in [9.17, 15) is 10.1 Å². The molecule has 22 heavy (non-hydrogen) atoms. The Morgan fingerprint density at radius 2 is 1.86 bits per heavy atom. The van der Waals surface area contributed by atoms with E-state index in [0.29, 0.717) is 0 Å². The molecule has 1 amide bonds. The zero-order valence-electron chi connectivity index (χ0n) is 12.4. The molecule has 0 radical (unpaired) electrons. The van der Waals surface area contributed by atoms with Crippen LogP contribution in [0.1, 0.15) is 45.9 Å². The van der Waals surface area contributed by atoms with Crippen LogP contribution in [0.4, 0.5) is 0 Å². The fraction of sp³-hybridized carbons (Fsp3) is 0.263. The highest BCUT2D eigenvalue weighted by Crippen LogP contribution is 2.56. The minimum atomic E-state index is -0.481. The number of nitriles is 1. The Morgan fingerprint density at radius 1 is 1.14 bits per heavy atom. The minimum Gasteiger partial charge on any atom is -0.309 e. The first-order valence-corrected chi connectivity index (χ1v) is 7.57. The maximum absolute atomic E-state index is 13.0. The van der Waals surface area contributed by atoms with Gasteiger partial charge in [0.1, 0.15) is 6.04 Å². The van der Waals surface area contributed by atoms with Crippen molar-refractivity contribution in [3.8, 4) is 6.07 Å². The Kier molecular flexibility index (Phi) is 2.65. The predicted octanol–water partition coefficient (Wildman–Crippen LogP) is 3.70. The van der Waals surface area contributed by atoms with Gasteiger partial charge in [0.15, 0.2) is 0 Å². The van der Waals surface area contributed by atoms with Crippen molar-refractivity contribution in [2.75, 3.05) is 0 Å². The monoisotopic (exact) mass is 288 g/mol. The molecular formula is C19H16N2O. The van der Waals surface area contributed by atoms with E-state index in [4.69, 9.17) is 0 Å². The highest BCUT2D eigenvalue weighted by atomic mass is 16.2. The third kappa shape index (κ3) is 1.58. The Balaban J connectivity index is 1.86. The predicted molar refractivity (Wildman–Crippen MR) is 83.1 cm³/mol. The van der Waals surface area contributed by atoms with Crippen LogP contribution in [0.5, 0.6) is 0 Å². The summed E-state index contributed by atoms with van der Waals surface area (Å²) in [4.78, 5) is 14.8. The molecular weight excluding hydrogens is 272 g/mol. The first-order valence-electron chi connectivity index (χ1n) is 7.57. The summed E-state index contributed by atoms with van der Waals surface area (Å²) in [6.45, 7) is 1.94. The molecule has 4 rings (SSSR count). The number of carbonyl (C=O) groups excluding carboxylic acids is 1. The Morgan fingerprint density at radius 3 is 2.50 bits per heavy atom. The topological polar surface area (TPSA) is 44.1 Å². The van der Waals surface area contributed by atoms with Gasteiger partial charge in [-0.15, -0.1) is 0 Å². The number of amides is 1. The van der Waals surface area contributed by atoms with Gasteiger partial charge in [0.25, 0.3) is 5.91 Å². The van der Waals surface area contributed by atoms with Gasteiger partial charge in [0.05, 0.1) is 11.6 Å². The molecule has 2 aromatic carbocycles. The number of rotatable bonds is 2. The van der Waals surface area contributed by atoms with Crippen LogP contribution >= 0.6 is 0 Å². The zero-order chi connectivity index (χ0) is 15.3. The van der Waals surface area contributed by atoms with Crippen LogP contribution in [0, 0.1) is 18.3 Å². The van der Waals surface area contributed by atoms with Crippen LogP contribution in [0.25, 0.3) is 0 Å². The van der Waals surface area contributed by atoms with E-state index in [-0.39, 0.29) is 11.4 Å². The highest BCUT2D eigenvalue weighted by Gasteiger charge is 2.57. The molecule has 0 aromatic heterocycles. The molecule has 1 unspecified atom stereocenters. The highest BCUT2D eigenvalue weighted by molar-refractivity contribution is 6.01. The van der Waals surface area contributed by atoms with E-state index < -0.39 is 6.04 Å². The average Bonchev–Trinajstić information content (AvgIpc) is 3.28. The number of benzene rings is 2. The van der Waals surface area contributed by atoms with Crippen molar-refractivity contribution in [2.24, 2.45) is 0 Å². The normalized spacial score (nSPS) is 21.4. The number of aryl methyl sites for hydroxylation is 1. The summed E-state index contributed by atoms with van der Waals surface area (Å²) in [6.07, 6.45) is 1.85. The minimum absolute atomic E-state index is 0.000929. The first kappa shape index (κ1) is 13.1. The van der Waals surface area contributed by atoms with Crippen molar-refractivity contribution < 1.29 is 4.79 Å². The quantitative estimate of drug-likeness (QED) is 0.845. The van der Waals surface area contributed by atoms with E-state index in [2.05, 4.69) is 18.2 Å². The number of nitrogens with zero attached hydrogens (tertiary/aromatic N) is 2. The summed E-state index contributed by atoms with van der Waals surface area (Å²) in [5.41, 5.74) is 3.36. The van der Waals surface area contributed by atoms with Gasteiger partial charge < -0.3 is 4.90 Å².